The second-order valence-electron chi connectivity index (χ2n) is 5.51. The SMILES string of the molecule is C=CCC(C(=O)N1[C@@H](C)OC[C@H]1C(=O)OC)C1(C)OCCO1. The Hall–Kier alpha value is -1.44. The van der Waals surface area contributed by atoms with Crippen LogP contribution in [0.4, 0.5) is 0 Å². The summed E-state index contributed by atoms with van der Waals surface area (Å²) < 4.78 is 21.4. The molecule has 1 unspecified atom stereocenters. The predicted octanol–water partition coefficient (Wildman–Crippen LogP) is 0.688. The number of esters is 1. The molecule has 7 heteroatoms. The van der Waals surface area contributed by atoms with E-state index < -0.39 is 29.9 Å². The number of rotatable bonds is 5. The standard InChI is InChI=1S/C15H23NO6/c1-5-6-11(15(3)21-7-8-22-15)13(17)16-10(2)20-9-12(16)14(18)19-4/h5,10-12H,1,6-9H2,2-4H3/t10-,11?,12+/m1/s1. The van der Waals surface area contributed by atoms with E-state index >= 15 is 0 Å². The molecule has 0 aromatic rings. The molecular weight excluding hydrogens is 290 g/mol. The molecule has 2 saturated heterocycles. The summed E-state index contributed by atoms with van der Waals surface area (Å²) in [6.45, 7) is 8.15. The summed E-state index contributed by atoms with van der Waals surface area (Å²) in [6, 6.07) is -0.746. The molecule has 0 radical (unpaired) electrons. The Bertz CT molecular complexity index is 445. The maximum atomic E-state index is 13.0. The number of hydrogen-bond acceptors (Lipinski definition) is 6. The Morgan fingerprint density at radius 3 is 2.64 bits per heavy atom. The van der Waals surface area contributed by atoms with Crippen molar-refractivity contribution < 1.29 is 28.5 Å². The van der Waals surface area contributed by atoms with Crippen molar-refractivity contribution in [3.05, 3.63) is 12.7 Å². The number of hydrogen-bond donors (Lipinski definition) is 0. The van der Waals surface area contributed by atoms with Crippen LogP contribution in [0.2, 0.25) is 0 Å². The zero-order chi connectivity index (χ0) is 16.3. The van der Waals surface area contributed by atoms with Crippen LogP contribution in [-0.2, 0) is 28.5 Å². The van der Waals surface area contributed by atoms with Gasteiger partial charge in [0.05, 0.1) is 32.8 Å². The molecule has 0 aromatic heterocycles. The van der Waals surface area contributed by atoms with Gasteiger partial charge in [-0.05, 0) is 20.3 Å². The average Bonchev–Trinajstić information content (AvgIpc) is 3.10. The van der Waals surface area contributed by atoms with Crippen LogP contribution in [0.3, 0.4) is 0 Å². The van der Waals surface area contributed by atoms with Crippen molar-refractivity contribution >= 4 is 11.9 Å². The molecule has 3 atom stereocenters. The van der Waals surface area contributed by atoms with Crippen molar-refractivity contribution in [3.63, 3.8) is 0 Å². The molecule has 2 heterocycles. The molecule has 0 spiro atoms. The van der Waals surface area contributed by atoms with Crippen molar-refractivity contribution in [3.8, 4) is 0 Å². The summed E-state index contributed by atoms with van der Waals surface area (Å²) >= 11 is 0. The summed E-state index contributed by atoms with van der Waals surface area (Å²) in [7, 11) is 1.29. The fraction of sp³-hybridized carbons (Fsp3) is 0.733. The van der Waals surface area contributed by atoms with Crippen LogP contribution in [0.15, 0.2) is 12.7 Å². The highest BCUT2D eigenvalue weighted by molar-refractivity contribution is 5.87. The molecule has 1 amide bonds. The zero-order valence-corrected chi connectivity index (χ0v) is 13.2. The summed E-state index contributed by atoms with van der Waals surface area (Å²) in [6.07, 6.45) is 1.52. The zero-order valence-electron chi connectivity index (χ0n) is 13.2. The molecule has 2 aliphatic heterocycles. The third-order valence-corrected chi connectivity index (χ3v) is 4.14. The van der Waals surface area contributed by atoms with E-state index in [4.69, 9.17) is 18.9 Å². The second kappa shape index (κ2) is 6.76. The Morgan fingerprint density at radius 2 is 2.09 bits per heavy atom. The van der Waals surface area contributed by atoms with Gasteiger partial charge in [-0.1, -0.05) is 6.08 Å². The minimum absolute atomic E-state index is 0.124. The van der Waals surface area contributed by atoms with Crippen molar-refractivity contribution in [2.45, 2.75) is 38.3 Å². The molecule has 0 aliphatic carbocycles. The van der Waals surface area contributed by atoms with Crippen LogP contribution in [-0.4, -0.2) is 61.8 Å². The topological polar surface area (TPSA) is 74.3 Å². The highest BCUT2D eigenvalue weighted by atomic mass is 16.7. The number of ether oxygens (including phenoxy) is 4. The van der Waals surface area contributed by atoms with Gasteiger partial charge in [-0.25, -0.2) is 4.79 Å². The van der Waals surface area contributed by atoms with Crippen LogP contribution < -0.4 is 0 Å². The van der Waals surface area contributed by atoms with Crippen molar-refractivity contribution in [2.24, 2.45) is 5.92 Å². The van der Waals surface area contributed by atoms with Gasteiger partial charge < -0.3 is 23.8 Å². The van der Waals surface area contributed by atoms with E-state index in [0.717, 1.165) is 0 Å². The first kappa shape index (κ1) is 16.9. The number of amides is 1. The average molecular weight is 313 g/mol. The highest BCUT2D eigenvalue weighted by Gasteiger charge is 2.50. The third kappa shape index (κ3) is 3.02. The van der Waals surface area contributed by atoms with Gasteiger partial charge in [0.1, 0.15) is 6.23 Å². The summed E-state index contributed by atoms with van der Waals surface area (Å²) in [5.41, 5.74) is 0. The second-order valence-corrected chi connectivity index (χ2v) is 5.51. The molecule has 0 saturated carbocycles. The minimum Gasteiger partial charge on any atom is -0.467 e. The lowest BCUT2D eigenvalue weighted by atomic mass is 9.93. The van der Waals surface area contributed by atoms with Gasteiger partial charge >= 0.3 is 5.97 Å². The van der Waals surface area contributed by atoms with Gasteiger partial charge in [0.15, 0.2) is 11.8 Å². The van der Waals surface area contributed by atoms with Crippen LogP contribution in [0.25, 0.3) is 0 Å². The maximum absolute atomic E-state index is 13.0. The Kier molecular flexibility index (Phi) is 5.20. The number of carbonyl (C=O) groups excluding carboxylic acids is 2. The lowest BCUT2D eigenvalue weighted by Gasteiger charge is -2.35. The molecule has 124 valence electrons. The molecule has 0 aromatic carbocycles. The number of nitrogens with zero attached hydrogens (tertiary/aromatic N) is 1. The van der Waals surface area contributed by atoms with Crippen molar-refractivity contribution in [2.75, 3.05) is 26.9 Å². The van der Waals surface area contributed by atoms with Gasteiger partial charge in [-0.15, -0.1) is 6.58 Å². The van der Waals surface area contributed by atoms with E-state index in [2.05, 4.69) is 6.58 Å². The fourth-order valence-electron chi connectivity index (χ4n) is 2.91. The van der Waals surface area contributed by atoms with Crippen LogP contribution >= 0.6 is 0 Å². The summed E-state index contributed by atoms with van der Waals surface area (Å²) in [4.78, 5) is 26.3. The van der Waals surface area contributed by atoms with Crippen LogP contribution in [0.1, 0.15) is 20.3 Å². The third-order valence-electron chi connectivity index (χ3n) is 4.14. The first-order valence-corrected chi connectivity index (χ1v) is 7.35. The number of carbonyl (C=O) groups is 2. The van der Waals surface area contributed by atoms with Gasteiger partial charge in [0.25, 0.3) is 0 Å². The highest BCUT2D eigenvalue weighted by Crippen LogP contribution is 2.34. The van der Waals surface area contributed by atoms with E-state index in [9.17, 15) is 9.59 Å². The van der Waals surface area contributed by atoms with Crippen LogP contribution in [0.5, 0.6) is 0 Å². The van der Waals surface area contributed by atoms with Gasteiger partial charge in [0.2, 0.25) is 5.91 Å². The number of allylic oxidation sites excluding steroid dienone is 1. The monoisotopic (exact) mass is 313 g/mol. The van der Waals surface area contributed by atoms with Crippen molar-refractivity contribution in [1.29, 1.82) is 0 Å². The maximum Gasteiger partial charge on any atom is 0.331 e. The van der Waals surface area contributed by atoms with E-state index in [1.165, 1.54) is 12.0 Å². The molecule has 2 fully saturated rings. The smallest absolute Gasteiger partial charge is 0.331 e. The summed E-state index contributed by atoms with van der Waals surface area (Å²) in [5.74, 6) is -2.36. The van der Waals surface area contributed by atoms with E-state index in [-0.39, 0.29) is 12.5 Å². The molecular formula is C15H23NO6. The summed E-state index contributed by atoms with van der Waals surface area (Å²) in [5, 5.41) is 0. The molecule has 7 nitrogen and oxygen atoms in total. The first-order chi connectivity index (χ1) is 10.4. The molecule has 2 aliphatic rings. The van der Waals surface area contributed by atoms with Gasteiger partial charge in [-0.3, -0.25) is 4.79 Å². The lowest BCUT2D eigenvalue weighted by Crippen LogP contribution is -2.53. The van der Waals surface area contributed by atoms with E-state index in [1.807, 2.05) is 0 Å². The van der Waals surface area contributed by atoms with E-state index in [0.29, 0.717) is 19.6 Å². The Balaban J connectivity index is 2.24. The van der Waals surface area contributed by atoms with Crippen molar-refractivity contribution in [1.82, 2.24) is 4.90 Å². The van der Waals surface area contributed by atoms with Crippen LogP contribution in [0, 0.1) is 5.92 Å². The largest absolute Gasteiger partial charge is 0.467 e. The molecule has 0 N–H and O–H groups in total. The molecule has 2 rings (SSSR count). The lowest BCUT2D eigenvalue weighted by molar-refractivity contribution is -0.196. The first-order valence-electron chi connectivity index (χ1n) is 7.35. The quantitative estimate of drug-likeness (QED) is 0.549. The van der Waals surface area contributed by atoms with Gasteiger partial charge in [-0.2, -0.15) is 0 Å². The predicted molar refractivity (Wildman–Crippen MR) is 76.7 cm³/mol. The minimum atomic E-state index is -1.02. The van der Waals surface area contributed by atoms with Gasteiger partial charge in [0, 0.05) is 0 Å². The molecule has 0 bridgehead atoms. The number of methoxy groups -OCH3 is 1. The fourth-order valence-corrected chi connectivity index (χ4v) is 2.91. The normalized spacial score (nSPS) is 28.4. The Morgan fingerprint density at radius 1 is 1.45 bits per heavy atom. The Labute approximate surface area is 130 Å². The van der Waals surface area contributed by atoms with E-state index in [1.54, 1.807) is 19.9 Å². The molecule has 22 heavy (non-hydrogen) atoms.